The lowest BCUT2D eigenvalue weighted by atomic mass is 10.1. The summed E-state index contributed by atoms with van der Waals surface area (Å²) in [6.45, 7) is 14.5. The van der Waals surface area contributed by atoms with E-state index in [-0.39, 0.29) is 0 Å². The van der Waals surface area contributed by atoms with Crippen molar-refractivity contribution in [3.8, 4) is 0 Å². The first-order chi connectivity index (χ1) is 10.1. The Morgan fingerprint density at radius 1 is 1.00 bits per heavy atom. The van der Waals surface area contributed by atoms with Gasteiger partial charge in [0.15, 0.2) is 0 Å². The van der Waals surface area contributed by atoms with Crippen molar-refractivity contribution in [2.45, 2.75) is 79.1 Å². The zero-order valence-electron chi connectivity index (χ0n) is 14.7. The van der Waals surface area contributed by atoms with Crippen molar-refractivity contribution in [2.24, 2.45) is 0 Å². The maximum Gasteiger partial charge on any atom is 0.0236 e. The predicted molar refractivity (Wildman–Crippen MR) is 93.5 cm³/mol. The summed E-state index contributed by atoms with van der Waals surface area (Å²) in [5, 5.41) is 3.47. The van der Waals surface area contributed by atoms with Gasteiger partial charge in [-0.25, -0.2) is 0 Å². The fourth-order valence-electron chi connectivity index (χ4n) is 2.39. The van der Waals surface area contributed by atoms with Gasteiger partial charge in [-0.05, 0) is 37.4 Å². The maximum absolute atomic E-state index is 3.47. The Morgan fingerprint density at radius 2 is 1.62 bits per heavy atom. The molecular formula is C19H34N2. The average molecular weight is 290 g/mol. The molecule has 1 aromatic rings. The van der Waals surface area contributed by atoms with Gasteiger partial charge < -0.3 is 5.32 Å². The Morgan fingerprint density at radius 3 is 2.14 bits per heavy atom. The second-order valence-electron chi connectivity index (χ2n) is 6.43. The topological polar surface area (TPSA) is 15.3 Å². The van der Waals surface area contributed by atoms with E-state index in [9.17, 15) is 0 Å². The van der Waals surface area contributed by atoms with Crippen LogP contribution in [-0.2, 0) is 13.1 Å². The van der Waals surface area contributed by atoms with E-state index < -0.39 is 0 Å². The summed E-state index contributed by atoms with van der Waals surface area (Å²) in [6, 6.07) is 10.3. The van der Waals surface area contributed by atoms with Gasteiger partial charge in [0.25, 0.3) is 0 Å². The molecule has 0 saturated heterocycles. The van der Waals surface area contributed by atoms with Gasteiger partial charge in [0, 0.05) is 25.2 Å². The van der Waals surface area contributed by atoms with E-state index in [4.69, 9.17) is 0 Å². The summed E-state index contributed by atoms with van der Waals surface area (Å²) in [4.78, 5) is 2.62. The van der Waals surface area contributed by atoms with Crippen molar-refractivity contribution in [1.29, 1.82) is 0 Å². The van der Waals surface area contributed by atoms with Crippen molar-refractivity contribution >= 4 is 0 Å². The highest BCUT2D eigenvalue weighted by Gasteiger charge is 2.11. The molecule has 1 aromatic carbocycles. The van der Waals surface area contributed by atoms with E-state index in [0.29, 0.717) is 12.1 Å². The lowest BCUT2D eigenvalue weighted by molar-refractivity contribution is 0.192. The average Bonchev–Trinajstić information content (AvgIpc) is 2.49. The molecule has 1 atom stereocenters. The van der Waals surface area contributed by atoms with Crippen molar-refractivity contribution in [3.05, 3.63) is 35.4 Å². The third kappa shape index (κ3) is 7.10. The Hall–Kier alpha value is -0.860. The highest BCUT2D eigenvalue weighted by atomic mass is 15.1. The molecule has 0 amide bonds. The Bertz CT molecular complexity index is 370. The first-order valence-electron chi connectivity index (χ1n) is 8.62. The van der Waals surface area contributed by atoms with Gasteiger partial charge in [0.05, 0.1) is 0 Å². The largest absolute Gasteiger partial charge is 0.310 e. The highest BCUT2D eigenvalue weighted by molar-refractivity contribution is 5.22. The molecule has 120 valence electrons. The molecule has 0 aliphatic rings. The maximum atomic E-state index is 3.47. The highest BCUT2D eigenvalue weighted by Crippen LogP contribution is 2.13. The Labute approximate surface area is 131 Å². The van der Waals surface area contributed by atoms with Crippen molar-refractivity contribution in [1.82, 2.24) is 10.2 Å². The van der Waals surface area contributed by atoms with Crippen LogP contribution in [0.5, 0.6) is 0 Å². The van der Waals surface area contributed by atoms with Gasteiger partial charge in [-0.3, -0.25) is 4.90 Å². The van der Waals surface area contributed by atoms with Gasteiger partial charge >= 0.3 is 0 Å². The lowest BCUT2D eigenvalue weighted by Gasteiger charge is -2.28. The molecule has 0 aliphatic carbocycles. The van der Waals surface area contributed by atoms with Crippen LogP contribution < -0.4 is 5.32 Å². The van der Waals surface area contributed by atoms with Gasteiger partial charge in [0.2, 0.25) is 0 Å². The third-order valence-corrected chi connectivity index (χ3v) is 4.14. The Balaban J connectivity index is 2.58. The second kappa shape index (κ2) is 9.97. The predicted octanol–water partition coefficient (Wildman–Crippen LogP) is 4.59. The van der Waals surface area contributed by atoms with Crippen LogP contribution in [0.25, 0.3) is 0 Å². The summed E-state index contributed by atoms with van der Waals surface area (Å²) in [5.41, 5.74) is 2.80. The number of nitrogens with zero attached hydrogens (tertiary/aromatic N) is 1. The van der Waals surface area contributed by atoms with E-state index in [1.807, 2.05) is 0 Å². The van der Waals surface area contributed by atoms with Crippen molar-refractivity contribution < 1.29 is 0 Å². The molecule has 2 nitrogen and oxygen atoms in total. The quantitative estimate of drug-likeness (QED) is 0.678. The molecule has 0 aliphatic heterocycles. The minimum Gasteiger partial charge on any atom is -0.310 e. The van der Waals surface area contributed by atoms with E-state index in [0.717, 1.165) is 13.1 Å². The SMILES string of the molecule is CCCCN(Cc1ccc(CNC(C)C)cc1)C(C)CC. The Kier molecular flexibility index (Phi) is 8.63. The summed E-state index contributed by atoms with van der Waals surface area (Å²) < 4.78 is 0. The minimum atomic E-state index is 0.541. The number of nitrogens with one attached hydrogen (secondary N) is 1. The minimum absolute atomic E-state index is 0.541. The van der Waals surface area contributed by atoms with E-state index in [1.165, 1.54) is 36.9 Å². The van der Waals surface area contributed by atoms with Crippen LogP contribution in [-0.4, -0.2) is 23.5 Å². The smallest absolute Gasteiger partial charge is 0.0236 e. The molecular weight excluding hydrogens is 256 g/mol. The van der Waals surface area contributed by atoms with Crippen LogP contribution in [0.1, 0.15) is 65.0 Å². The fourth-order valence-corrected chi connectivity index (χ4v) is 2.39. The number of rotatable bonds is 10. The summed E-state index contributed by atoms with van der Waals surface area (Å²) >= 11 is 0. The number of benzene rings is 1. The first-order valence-corrected chi connectivity index (χ1v) is 8.62. The van der Waals surface area contributed by atoms with Crippen LogP contribution in [0.2, 0.25) is 0 Å². The first kappa shape index (κ1) is 18.2. The number of hydrogen-bond acceptors (Lipinski definition) is 2. The van der Waals surface area contributed by atoms with Gasteiger partial charge in [-0.1, -0.05) is 58.4 Å². The summed E-state index contributed by atoms with van der Waals surface area (Å²) in [7, 11) is 0. The number of unbranched alkanes of at least 4 members (excludes halogenated alkanes) is 1. The van der Waals surface area contributed by atoms with Gasteiger partial charge in [-0.2, -0.15) is 0 Å². The van der Waals surface area contributed by atoms with Crippen LogP contribution in [0.15, 0.2) is 24.3 Å². The molecule has 0 radical (unpaired) electrons. The standard InChI is InChI=1S/C19H34N2/c1-6-8-13-21(17(5)7-2)15-19-11-9-18(10-12-19)14-20-16(3)4/h9-12,16-17,20H,6-8,13-15H2,1-5H3. The van der Waals surface area contributed by atoms with Crippen LogP contribution in [0.3, 0.4) is 0 Å². The molecule has 1 rings (SSSR count). The molecule has 1 N–H and O–H groups in total. The lowest BCUT2D eigenvalue weighted by Crippen LogP contribution is -2.33. The zero-order valence-corrected chi connectivity index (χ0v) is 14.7. The second-order valence-corrected chi connectivity index (χ2v) is 6.43. The fraction of sp³-hybridized carbons (Fsp3) is 0.684. The van der Waals surface area contributed by atoms with Crippen LogP contribution in [0, 0.1) is 0 Å². The summed E-state index contributed by atoms with van der Waals surface area (Å²) in [5.74, 6) is 0. The molecule has 21 heavy (non-hydrogen) atoms. The molecule has 0 bridgehead atoms. The number of hydrogen-bond donors (Lipinski definition) is 1. The van der Waals surface area contributed by atoms with E-state index >= 15 is 0 Å². The van der Waals surface area contributed by atoms with Crippen LogP contribution in [0.4, 0.5) is 0 Å². The molecule has 0 fully saturated rings. The molecule has 0 spiro atoms. The van der Waals surface area contributed by atoms with E-state index in [2.05, 4.69) is 69.1 Å². The van der Waals surface area contributed by atoms with Crippen LogP contribution >= 0.6 is 0 Å². The zero-order chi connectivity index (χ0) is 15.7. The van der Waals surface area contributed by atoms with Gasteiger partial charge in [0.1, 0.15) is 0 Å². The van der Waals surface area contributed by atoms with Crippen molar-refractivity contribution in [2.75, 3.05) is 6.54 Å². The normalized spacial score (nSPS) is 13.1. The monoisotopic (exact) mass is 290 g/mol. The van der Waals surface area contributed by atoms with Gasteiger partial charge in [-0.15, -0.1) is 0 Å². The molecule has 0 heterocycles. The van der Waals surface area contributed by atoms with Crippen molar-refractivity contribution in [3.63, 3.8) is 0 Å². The third-order valence-electron chi connectivity index (χ3n) is 4.14. The molecule has 0 saturated carbocycles. The van der Waals surface area contributed by atoms with E-state index in [1.54, 1.807) is 0 Å². The molecule has 0 aromatic heterocycles. The molecule has 2 heteroatoms. The summed E-state index contributed by atoms with van der Waals surface area (Å²) in [6.07, 6.45) is 3.79. The molecule has 1 unspecified atom stereocenters.